The molecule has 2 rings (SSSR count). The molecule has 0 radical (unpaired) electrons. The first-order valence-electron chi connectivity index (χ1n) is 7.17. The highest BCUT2D eigenvalue weighted by Gasteiger charge is 2.33. The Balaban J connectivity index is 1.86. The van der Waals surface area contributed by atoms with Gasteiger partial charge in [0.15, 0.2) is 0 Å². The Morgan fingerprint density at radius 2 is 2.17 bits per heavy atom. The maximum absolute atomic E-state index is 3.48. The Hall–Kier alpha value is -0.860. The fourth-order valence-electron chi connectivity index (χ4n) is 2.92. The largest absolute Gasteiger partial charge is 0.317 e. The van der Waals surface area contributed by atoms with Crippen LogP contribution in [0.25, 0.3) is 0 Å². The molecule has 2 atom stereocenters. The highest BCUT2D eigenvalue weighted by atomic mass is 15.1. The summed E-state index contributed by atoms with van der Waals surface area (Å²) < 4.78 is 0. The molecule has 1 aliphatic carbocycles. The van der Waals surface area contributed by atoms with Crippen LogP contribution in [0.5, 0.6) is 0 Å². The average molecular weight is 246 g/mol. The molecule has 1 N–H and O–H groups in total. The van der Waals surface area contributed by atoms with E-state index >= 15 is 0 Å². The number of nitrogens with one attached hydrogen (secondary N) is 1. The monoisotopic (exact) mass is 246 g/mol. The predicted molar refractivity (Wildman–Crippen MR) is 77.7 cm³/mol. The normalized spacial score (nSPS) is 23.1. The summed E-state index contributed by atoms with van der Waals surface area (Å²) in [4.78, 5) is 2.53. The Kier molecular flexibility index (Phi) is 4.79. The lowest BCUT2D eigenvalue weighted by atomic mass is 9.78. The average Bonchev–Trinajstić information content (AvgIpc) is 2.27. The summed E-state index contributed by atoms with van der Waals surface area (Å²) in [7, 11) is 2.27. The van der Waals surface area contributed by atoms with Gasteiger partial charge in [-0.1, -0.05) is 36.8 Å². The van der Waals surface area contributed by atoms with Crippen molar-refractivity contribution in [2.75, 3.05) is 20.1 Å². The Labute approximate surface area is 111 Å². The van der Waals surface area contributed by atoms with Crippen molar-refractivity contribution in [1.29, 1.82) is 0 Å². The van der Waals surface area contributed by atoms with Crippen molar-refractivity contribution in [2.24, 2.45) is 5.92 Å². The molecular weight excluding hydrogens is 220 g/mol. The van der Waals surface area contributed by atoms with Crippen LogP contribution in [-0.2, 0) is 6.54 Å². The zero-order valence-corrected chi connectivity index (χ0v) is 11.9. The number of rotatable bonds is 6. The molecule has 1 aromatic rings. The summed E-state index contributed by atoms with van der Waals surface area (Å²) in [6, 6.07) is 9.64. The smallest absolute Gasteiger partial charge is 0.0233 e. The molecule has 0 saturated heterocycles. The lowest BCUT2D eigenvalue weighted by Gasteiger charge is -2.43. The summed E-state index contributed by atoms with van der Waals surface area (Å²) in [5.41, 5.74) is 2.80. The Morgan fingerprint density at radius 1 is 1.33 bits per heavy atom. The quantitative estimate of drug-likeness (QED) is 0.830. The molecule has 18 heavy (non-hydrogen) atoms. The van der Waals surface area contributed by atoms with Crippen LogP contribution < -0.4 is 5.32 Å². The molecule has 1 aliphatic rings. The molecule has 0 aromatic heterocycles. The van der Waals surface area contributed by atoms with Crippen LogP contribution in [0, 0.1) is 12.8 Å². The lowest BCUT2D eigenvalue weighted by Crippen LogP contribution is -2.48. The molecule has 2 heteroatoms. The third-order valence-corrected chi connectivity index (χ3v) is 4.11. The van der Waals surface area contributed by atoms with E-state index in [0.29, 0.717) is 0 Å². The van der Waals surface area contributed by atoms with Crippen molar-refractivity contribution in [3.05, 3.63) is 35.4 Å². The second kappa shape index (κ2) is 6.35. The highest BCUT2D eigenvalue weighted by Crippen LogP contribution is 2.31. The maximum Gasteiger partial charge on any atom is 0.0233 e. The number of nitrogens with zero attached hydrogens (tertiary/aromatic N) is 1. The van der Waals surface area contributed by atoms with Crippen LogP contribution in [0.3, 0.4) is 0 Å². The zero-order chi connectivity index (χ0) is 13.0. The molecule has 0 amide bonds. The Bertz CT molecular complexity index is 375. The van der Waals surface area contributed by atoms with Gasteiger partial charge in [0.25, 0.3) is 0 Å². The minimum absolute atomic E-state index is 0.768. The minimum atomic E-state index is 0.768. The van der Waals surface area contributed by atoms with E-state index in [0.717, 1.165) is 25.0 Å². The molecule has 100 valence electrons. The fourth-order valence-corrected chi connectivity index (χ4v) is 2.92. The number of benzene rings is 1. The van der Waals surface area contributed by atoms with Gasteiger partial charge in [0.1, 0.15) is 0 Å². The second-order valence-corrected chi connectivity index (χ2v) is 5.62. The molecule has 0 heterocycles. The van der Waals surface area contributed by atoms with Crippen LogP contribution in [-0.4, -0.2) is 31.1 Å². The molecule has 0 aliphatic heterocycles. The van der Waals surface area contributed by atoms with E-state index in [1.807, 2.05) is 0 Å². The first kappa shape index (κ1) is 13.6. The van der Waals surface area contributed by atoms with Gasteiger partial charge in [-0.25, -0.2) is 0 Å². The second-order valence-electron chi connectivity index (χ2n) is 5.62. The Morgan fingerprint density at radius 3 is 2.78 bits per heavy atom. The van der Waals surface area contributed by atoms with Gasteiger partial charge in [0, 0.05) is 12.6 Å². The van der Waals surface area contributed by atoms with E-state index < -0.39 is 0 Å². The third-order valence-electron chi connectivity index (χ3n) is 4.11. The molecule has 1 fully saturated rings. The summed E-state index contributed by atoms with van der Waals surface area (Å²) in [5, 5.41) is 3.48. The molecular formula is C16H26N2. The topological polar surface area (TPSA) is 15.3 Å². The zero-order valence-electron chi connectivity index (χ0n) is 11.9. The van der Waals surface area contributed by atoms with Crippen molar-refractivity contribution >= 4 is 0 Å². The van der Waals surface area contributed by atoms with E-state index in [2.05, 4.69) is 55.4 Å². The van der Waals surface area contributed by atoms with Crippen LogP contribution in [0.15, 0.2) is 24.3 Å². The van der Waals surface area contributed by atoms with E-state index in [-0.39, 0.29) is 0 Å². The van der Waals surface area contributed by atoms with Gasteiger partial charge in [0.05, 0.1) is 0 Å². The molecule has 2 unspecified atom stereocenters. The molecule has 0 spiro atoms. The molecule has 0 bridgehead atoms. The number of hydrogen-bond acceptors (Lipinski definition) is 2. The fraction of sp³-hybridized carbons (Fsp3) is 0.625. The van der Waals surface area contributed by atoms with Crippen molar-refractivity contribution in [3.63, 3.8) is 0 Å². The molecule has 2 nitrogen and oxygen atoms in total. The van der Waals surface area contributed by atoms with Gasteiger partial charge in [0.2, 0.25) is 0 Å². The molecule has 1 saturated carbocycles. The summed E-state index contributed by atoms with van der Waals surface area (Å²) in [6.45, 7) is 7.70. The first-order valence-corrected chi connectivity index (χ1v) is 7.17. The predicted octanol–water partition coefficient (Wildman–Crippen LogP) is 2.81. The standard InChI is InChI=1S/C16H26N2/c1-4-17-11-15-8-9-16(15)18(3)12-14-7-5-6-13(2)10-14/h5-7,10,15-17H,4,8-9,11-12H2,1-3H3. The van der Waals surface area contributed by atoms with Crippen molar-refractivity contribution in [2.45, 2.75) is 39.3 Å². The van der Waals surface area contributed by atoms with E-state index in [1.54, 1.807) is 0 Å². The van der Waals surface area contributed by atoms with E-state index in [1.165, 1.54) is 30.5 Å². The van der Waals surface area contributed by atoms with Crippen LogP contribution in [0.1, 0.15) is 30.9 Å². The maximum atomic E-state index is 3.48. The van der Waals surface area contributed by atoms with Gasteiger partial charge >= 0.3 is 0 Å². The van der Waals surface area contributed by atoms with Crippen LogP contribution in [0.4, 0.5) is 0 Å². The van der Waals surface area contributed by atoms with Gasteiger partial charge in [-0.15, -0.1) is 0 Å². The van der Waals surface area contributed by atoms with Gasteiger partial charge in [-0.2, -0.15) is 0 Å². The van der Waals surface area contributed by atoms with Crippen LogP contribution in [0.2, 0.25) is 0 Å². The van der Waals surface area contributed by atoms with Crippen molar-refractivity contribution in [3.8, 4) is 0 Å². The van der Waals surface area contributed by atoms with Gasteiger partial charge in [-0.3, -0.25) is 4.90 Å². The SMILES string of the molecule is CCNCC1CCC1N(C)Cc1cccc(C)c1. The highest BCUT2D eigenvalue weighted by molar-refractivity contribution is 5.22. The third kappa shape index (κ3) is 3.33. The molecule has 1 aromatic carbocycles. The van der Waals surface area contributed by atoms with E-state index in [9.17, 15) is 0 Å². The summed E-state index contributed by atoms with van der Waals surface area (Å²) >= 11 is 0. The number of aryl methyl sites for hydroxylation is 1. The van der Waals surface area contributed by atoms with Gasteiger partial charge in [-0.05, 0) is 51.4 Å². The summed E-state index contributed by atoms with van der Waals surface area (Å²) in [5.74, 6) is 0.847. The van der Waals surface area contributed by atoms with Crippen molar-refractivity contribution in [1.82, 2.24) is 10.2 Å². The van der Waals surface area contributed by atoms with E-state index in [4.69, 9.17) is 0 Å². The summed E-state index contributed by atoms with van der Waals surface area (Å²) in [6.07, 6.45) is 2.74. The first-order chi connectivity index (χ1) is 8.70. The van der Waals surface area contributed by atoms with Gasteiger partial charge < -0.3 is 5.32 Å². The minimum Gasteiger partial charge on any atom is -0.317 e. The van der Waals surface area contributed by atoms with Crippen LogP contribution >= 0.6 is 0 Å². The van der Waals surface area contributed by atoms with Crippen molar-refractivity contribution < 1.29 is 0 Å². The lowest BCUT2D eigenvalue weighted by molar-refractivity contribution is 0.0784. The number of hydrogen-bond donors (Lipinski definition) is 1.